The molecule has 19 heavy (non-hydrogen) atoms. The molecule has 6 nitrogen and oxygen atoms in total. The predicted molar refractivity (Wildman–Crippen MR) is 74.7 cm³/mol. The summed E-state index contributed by atoms with van der Waals surface area (Å²) in [6.07, 6.45) is 2.57. The number of anilines is 1. The summed E-state index contributed by atoms with van der Waals surface area (Å²) in [7, 11) is 1.50. The summed E-state index contributed by atoms with van der Waals surface area (Å²) in [6, 6.07) is 0.231. The molecule has 0 saturated carbocycles. The molecule has 2 rings (SSSR count). The van der Waals surface area contributed by atoms with Crippen LogP contribution in [0.2, 0.25) is 5.28 Å². The quantitative estimate of drug-likeness (QED) is 0.888. The van der Waals surface area contributed by atoms with E-state index in [4.69, 9.17) is 16.3 Å². The van der Waals surface area contributed by atoms with Crippen molar-refractivity contribution in [2.24, 2.45) is 5.92 Å². The van der Waals surface area contributed by atoms with Gasteiger partial charge in [-0.1, -0.05) is 6.92 Å². The van der Waals surface area contributed by atoms with Gasteiger partial charge in [0.05, 0.1) is 7.11 Å². The Hall–Kier alpha value is -1.14. The number of methoxy groups -OCH3 is 1. The zero-order chi connectivity index (χ0) is 13.7. The average Bonchev–Trinajstić information content (AvgIpc) is 2.40. The van der Waals surface area contributed by atoms with Crippen LogP contribution in [0.5, 0.6) is 6.01 Å². The number of ether oxygens (including phenoxy) is 1. The number of halogens is 1. The highest BCUT2D eigenvalue weighted by atomic mass is 35.5. The normalized spacial score (nSPS) is 17.4. The van der Waals surface area contributed by atoms with Gasteiger partial charge in [0.2, 0.25) is 11.2 Å². The van der Waals surface area contributed by atoms with Gasteiger partial charge in [-0.2, -0.15) is 15.0 Å². The van der Waals surface area contributed by atoms with E-state index in [9.17, 15) is 0 Å². The van der Waals surface area contributed by atoms with E-state index in [1.54, 1.807) is 0 Å². The molecule has 2 heterocycles. The molecule has 0 aromatic carbocycles. The lowest BCUT2D eigenvalue weighted by atomic mass is 9.99. The van der Waals surface area contributed by atoms with E-state index in [0.29, 0.717) is 5.95 Å². The lowest BCUT2D eigenvalue weighted by Crippen LogP contribution is -2.36. The predicted octanol–water partition coefficient (Wildman–Crippen LogP) is 1.68. The fourth-order valence-corrected chi connectivity index (χ4v) is 2.27. The number of nitrogens with one attached hydrogen (secondary N) is 1. The fourth-order valence-electron chi connectivity index (χ4n) is 2.11. The molecule has 0 bridgehead atoms. The Kier molecular flexibility index (Phi) is 5.15. The largest absolute Gasteiger partial charge is 0.467 e. The molecule has 106 valence electrons. The molecule has 1 aliphatic rings. The van der Waals surface area contributed by atoms with Crippen molar-refractivity contribution in [2.75, 3.05) is 38.6 Å². The fraction of sp³-hybridized carbons (Fsp3) is 0.750. The van der Waals surface area contributed by atoms with E-state index >= 15 is 0 Å². The maximum atomic E-state index is 5.78. The molecule has 7 heteroatoms. The summed E-state index contributed by atoms with van der Waals surface area (Å²) in [5, 5.41) is 3.29. The number of likely N-dealkylation sites (tertiary alicyclic amines) is 1. The minimum absolute atomic E-state index is 0.140. The Bertz CT molecular complexity index is 409. The van der Waals surface area contributed by atoms with E-state index in [1.807, 2.05) is 0 Å². The second kappa shape index (κ2) is 6.86. The first kappa shape index (κ1) is 14.3. The number of hydrogen-bond donors (Lipinski definition) is 1. The van der Waals surface area contributed by atoms with E-state index in [2.05, 4.69) is 32.1 Å². The molecular formula is C12H20ClN5O. The monoisotopic (exact) mass is 285 g/mol. The van der Waals surface area contributed by atoms with Gasteiger partial charge in [-0.3, -0.25) is 0 Å². The zero-order valence-electron chi connectivity index (χ0n) is 11.4. The van der Waals surface area contributed by atoms with Crippen LogP contribution in [-0.2, 0) is 0 Å². The van der Waals surface area contributed by atoms with Crippen molar-refractivity contribution < 1.29 is 4.74 Å². The Morgan fingerprint density at radius 2 is 2.05 bits per heavy atom. The Labute approximate surface area is 118 Å². The van der Waals surface area contributed by atoms with Crippen LogP contribution >= 0.6 is 11.6 Å². The summed E-state index contributed by atoms with van der Waals surface area (Å²) in [4.78, 5) is 14.4. The van der Waals surface area contributed by atoms with Crippen molar-refractivity contribution in [1.29, 1.82) is 0 Å². The minimum Gasteiger partial charge on any atom is -0.467 e. The molecule has 1 N–H and O–H groups in total. The van der Waals surface area contributed by atoms with Gasteiger partial charge in [-0.15, -0.1) is 0 Å². The third-order valence-electron chi connectivity index (χ3n) is 3.36. The smallest absolute Gasteiger partial charge is 0.322 e. The molecule has 1 fully saturated rings. The van der Waals surface area contributed by atoms with E-state index < -0.39 is 0 Å². The highest BCUT2D eigenvalue weighted by Crippen LogP contribution is 2.15. The van der Waals surface area contributed by atoms with Gasteiger partial charge >= 0.3 is 6.01 Å². The van der Waals surface area contributed by atoms with Crippen LogP contribution in [0.1, 0.15) is 19.8 Å². The van der Waals surface area contributed by atoms with Crippen LogP contribution in [-0.4, -0.2) is 53.1 Å². The SMILES string of the molecule is COc1nc(Cl)nc(NCCN2CCC(C)CC2)n1. The van der Waals surface area contributed by atoms with Crippen molar-refractivity contribution in [1.82, 2.24) is 19.9 Å². The van der Waals surface area contributed by atoms with Crippen LogP contribution in [0.25, 0.3) is 0 Å². The topological polar surface area (TPSA) is 63.2 Å². The first-order valence-corrected chi connectivity index (χ1v) is 6.97. The second-order valence-electron chi connectivity index (χ2n) is 4.87. The average molecular weight is 286 g/mol. The molecule has 1 aromatic heterocycles. The van der Waals surface area contributed by atoms with Crippen molar-refractivity contribution in [3.05, 3.63) is 5.28 Å². The molecule has 0 atom stereocenters. The molecule has 0 aliphatic carbocycles. The lowest BCUT2D eigenvalue weighted by Gasteiger charge is -2.30. The number of hydrogen-bond acceptors (Lipinski definition) is 6. The molecule has 0 spiro atoms. The number of rotatable bonds is 5. The zero-order valence-corrected chi connectivity index (χ0v) is 12.2. The first-order valence-electron chi connectivity index (χ1n) is 6.59. The Morgan fingerprint density at radius 1 is 1.32 bits per heavy atom. The first-order chi connectivity index (χ1) is 9.17. The van der Waals surface area contributed by atoms with Crippen LogP contribution in [0.15, 0.2) is 0 Å². The minimum atomic E-state index is 0.140. The van der Waals surface area contributed by atoms with Gasteiger partial charge in [-0.05, 0) is 43.5 Å². The van der Waals surface area contributed by atoms with Gasteiger partial charge < -0.3 is 15.0 Å². The van der Waals surface area contributed by atoms with E-state index in [-0.39, 0.29) is 11.3 Å². The summed E-state index contributed by atoms with van der Waals surface area (Å²) in [5.74, 6) is 1.32. The van der Waals surface area contributed by atoms with Crippen molar-refractivity contribution in [2.45, 2.75) is 19.8 Å². The maximum Gasteiger partial charge on any atom is 0.322 e. The van der Waals surface area contributed by atoms with Crippen LogP contribution in [0, 0.1) is 5.92 Å². The molecule has 1 saturated heterocycles. The lowest BCUT2D eigenvalue weighted by molar-refractivity contribution is 0.199. The highest BCUT2D eigenvalue weighted by molar-refractivity contribution is 6.28. The summed E-state index contributed by atoms with van der Waals surface area (Å²) >= 11 is 5.78. The van der Waals surface area contributed by atoms with E-state index in [1.165, 1.54) is 33.0 Å². The molecule has 1 aliphatic heterocycles. The Morgan fingerprint density at radius 3 is 2.74 bits per heavy atom. The van der Waals surface area contributed by atoms with Crippen molar-refractivity contribution >= 4 is 17.5 Å². The van der Waals surface area contributed by atoms with Crippen LogP contribution < -0.4 is 10.1 Å². The summed E-state index contributed by atoms with van der Waals surface area (Å²) < 4.78 is 4.95. The van der Waals surface area contributed by atoms with Gasteiger partial charge in [-0.25, -0.2) is 0 Å². The number of aromatic nitrogens is 3. The molecule has 0 radical (unpaired) electrons. The van der Waals surface area contributed by atoms with Crippen molar-refractivity contribution in [3.8, 4) is 6.01 Å². The third kappa shape index (κ3) is 4.47. The van der Waals surface area contributed by atoms with Gasteiger partial charge in [0, 0.05) is 13.1 Å². The summed E-state index contributed by atoms with van der Waals surface area (Å²) in [6.45, 7) is 6.43. The van der Waals surface area contributed by atoms with Gasteiger partial charge in [0.15, 0.2) is 0 Å². The molecule has 0 amide bonds. The van der Waals surface area contributed by atoms with Gasteiger partial charge in [0.1, 0.15) is 0 Å². The van der Waals surface area contributed by atoms with E-state index in [0.717, 1.165) is 19.0 Å². The van der Waals surface area contributed by atoms with Crippen molar-refractivity contribution in [3.63, 3.8) is 0 Å². The van der Waals surface area contributed by atoms with Crippen LogP contribution in [0.4, 0.5) is 5.95 Å². The van der Waals surface area contributed by atoms with Crippen LogP contribution in [0.3, 0.4) is 0 Å². The number of nitrogens with zero attached hydrogens (tertiary/aromatic N) is 4. The Balaban J connectivity index is 1.77. The number of piperidine rings is 1. The second-order valence-corrected chi connectivity index (χ2v) is 5.20. The standard InChI is InChI=1S/C12H20ClN5O/c1-9-3-6-18(7-4-9)8-5-14-11-15-10(13)16-12(17-11)19-2/h9H,3-8H2,1-2H3,(H,14,15,16,17). The molecular weight excluding hydrogens is 266 g/mol. The third-order valence-corrected chi connectivity index (χ3v) is 3.53. The van der Waals surface area contributed by atoms with Gasteiger partial charge in [0.25, 0.3) is 0 Å². The maximum absolute atomic E-state index is 5.78. The molecule has 1 aromatic rings. The molecule has 0 unspecified atom stereocenters. The highest BCUT2D eigenvalue weighted by Gasteiger charge is 2.15. The summed E-state index contributed by atoms with van der Waals surface area (Å²) in [5.41, 5.74) is 0.